The molecule has 0 unspecified atom stereocenters. The molecule has 0 N–H and O–H groups in total. The molecule has 0 amide bonds. The van der Waals surface area contributed by atoms with Crippen LogP contribution >= 0.6 is 11.6 Å². The zero-order valence-electron chi connectivity index (χ0n) is 16.8. The molecule has 0 atom stereocenters. The van der Waals surface area contributed by atoms with Gasteiger partial charge in [-0.15, -0.1) is 0 Å². The molecular formula is C25H19ClFNO3. The second kappa shape index (κ2) is 7.84. The van der Waals surface area contributed by atoms with Crippen molar-refractivity contribution in [2.45, 2.75) is 20.0 Å². The Balaban J connectivity index is 1.55. The number of nitrogens with zero attached hydrogens (tertiary/aromatic N) is 1. The van der Waals surface area contributed by atoms with Crippen LogP contribution in [0.4, 0.5) is 4.39 Å². The summed E-state index contributed by atoms with van der Waals surface area (Å²) in [7, 11) is 0. The summed E-state index contributed by atoms with van der Waals surface area (Å²) in [6, 6.07) is 17.4. The van der Waals surface area contributed by atoms with Crippen molar-refractivity contribution in [2.75, 3.05) is 6.73 Å². The second-order valence-corrected chi connectivity index (χ2v) is 8.14. The van der Waals surface area contributed by atoms with Gasteiger partial charge in [0.2, 0.25) is 0 Å². The van der Waals surface area contributed by atoms with Gasteiger partial charge in [-0.2, -0.15) is 0 Å². The number of hydrogen-bond acceptors (Lipinski definition) is 4. The molecule has 4 aromatic rings. The van der Waals surface area contributed by atoms with Gasteiger partial charge in [0.25, 0.3) is 0 Å². The molecule has 0 radical (unpaired) electrons. The quantitative estimate of drug-likeness (QED) is 0.375. The van der Waals surface area contributed by atoms with E-state index in [2.05, 4.69) is 4.90 Å². The van der Waals surface area contributed by atoms with Crippen molar-refractivity contribution < 1.29 is 13.5 Å². The first-order chi connectivity index (χ1) is 15.0. The van der Waals surface area contributed by atoms with E-state index >= 15 is 0 Å². The fourth-order valence-corrected chi connectivity index (χ4v) is 4.19. The zero-order chi connectivity index (χ0) is 21.5. The summed E-state index contributed by atoms with van der Waals surface area (Å²) in [6.07, 6.45) is 0. The monoisotopic (exact) mass is 435 g/mol. The van der Waals surface area contributed by atoms with Crippen molar-refractivity contribution in [2.24, 2.45) is 0 Å². The van der Waals surface area contributed by atoms with Gasteiger partial charge in [0.15, 0.2) is 0 Å². The van der Waals surface area contributed by atoms with Crippen LogP contribution in [0.3, 0.4) is 0 Å². The number of hydrogen-bond donors (Lipinski definition) is 0. The predicted octanol–water partition coefficient (Wildman–Crippen LogP) is 5.91. The third-order valence-corrected chi connectivity index (χ3v) is 5.88. The van der Waals surface area contributed by atoms with E-state index < -0.39 is 5.63 Å². The standard InChI is InChI=1S/C25H19ClFNO3/c1-15-20-10-11-22-21(13-28(14-30-22)12-16-2-8-19(27)9-3-16)24(20)31-25(29)23(15)17-4-6-18(26)7-5-17/h2-11H,12-14H2,1H3. The Kier molecular flexibility index (Phi) is 5.00. The molecule has 1 aromatic heterocycles. The van der Waals surface area contributed by atoms with Crippen molar-refractivity contribution in [3.8, 4) is 16.9 Å². The Hall–Kier alpha value is -3.15. The maximum absolute atomic E-state index is 13.2. The van der Waals surface area contributed by atoms with Crippen LogP contribution in [-0.2, 0) is 13.1 Å². The lowest BCUT2D eigenvalue weighted by Gasteiger charge is -2.29. The van der Waals surface area contributed by atoms with E-state index in [1.165, 1.54) is 12.1 Å². The molecule has 5 rings (SSSR count). The number of aryl methyl sites for hydroxylation is 1. The molecule has 0 fully saturated rings. The summed E-state index contributed by atoms with van der Waals surface area (Å²) in [4.78, 5) is 15.0. The Morgan fingerprint density at radius 3 is 2.52 bits per heavy atom. The molecule has 2 heterocycles. The third-order valence-electron chi connectivity index (χ3n) is 5.63. The lowest BCUT2D eigenvalue weighted by molar-refractivity contribution is 0.0889. The molecule has 6 heteroatoms. The Morgan fingerprint density at radius 1 is 1.03 bits per heavy atom. The van der Waals surface area contributed by atoms with Crippen molar-refractivity contribution >= 4 is 22.6 Å². The number of benzene rings is 3. The highest BCUT2D eigenvalue weighted by atomic mass is 35.5. The number of rotatable bonds is 3. The summed E-state index contributed by atoms with van der Waals surface area (Å²) >= 11 is 5.99. The molecule has 0 bridgehead atoms. The number of fused-ring (bicyclic) bond motifs is 3. The largest absolute Gasteiger partial charge is 0.478 e. The van der Waals surface area contributed by atoms with Gasteiger partial charge in [-0.1, -0.05) is 35.9 Å². The van der Waals surface area contributed by atoms with Crippen molar-refractivity contribution in [1.29, 1.82) is 0 Å². The lowest BCUT2D eigenvalue weighted by Crippen LogP contribution is -2.31. The van der Waals surface area contributed by atoms with E-state index in [9.17, 15) is 9.18 Å². The Morgan fingerprint density at radius 2 is 1.77 bits per heavy atom. The Labute approximate surface area is 183 Å². The van der Waals surface area contributed by atoms with E-state index in [1.54, 1.807) is 24.3 Å². The van der Waals surface area contributed by atoms with E-state index in [0.717, 1.165) is 27.6 Å². The highest BCUT2D eigenvalue weighted by Gasteiger charge is 2.24. The van der Waals surface area contributed by atoms with Gasteiger partial charge in [0.1, 0.15) is 23.9 Å². The van der Waals surface area contributed by atoms with Crippen LogP contribution in [-0.4, -0.2) is 11.6 Å². The smallest absolute Gasteiger partial charge is 0.344 e. The first kappa shape index (κ1) is 19.8. The van der Waals surface area contributed by atoms with Crippen LogP contribution in [0.5, 0.6) is 5.75 Å². The molecule has 4 nitrogen and oxygen atoms in total. The fourth-order valence-electron chi connectivity index (χ4n) is 4.07. The van der Waals surface area contributed by atoms with E-state index in [4.69, 9.17) is 20.8 Å². The second-order valence-electron chi connectivity index (χ2n) is 7.70. The molecular weight excluding hydrogens is 417 g/mol. The molecule has 1 aliphatic heterocycles. The van der Waals surface area contributed by atoms with Crippen LogP contribution in [0.25, 0.3) is 22.1 Å². The van der Waals surface area contributed by atoms with Crippen LogP contribution < -0.4 is 10.4 Å². The van der Waals surface area contributed by atoms with Crippen LogP contribution in [0.2, 0.25) is 5.02 Å². The van der Waals surface area contributed by atoms with Crippen LogP contribution in [0.15, 0.2) is 69.9 Å². The first-order valence-corrected chi connectivity index (χ1v) is 10.3. The number of ether oxygens (including phenoxy) is 1. The normalized spacial score (nSPS) is 13.8. The molecule has 3 aromatic carbocycles. The minimum absolute atomic E-state index is 0.260. The topological polar surface area (TPSA) is 42.7 Å². The maximum Gasteiger partial charge on any atom is 0.344 e. The highest BCUT2D eigenvalue weighted by Crippen LogP contribution is 2.36. The number of halogens is 2. The van der Waals surface area contributed by atoms with Crippen molar-refractivity contribution in [3.63, 3.8) is 0 Å². The fraction of sp³-hybridized carbons (Fsp3) is 0.160. The lowest BCUT2D eigenvalue weighted by atomic mass is 9.97. The van der Waals surface area contributed by atoms with Gasteiger partial charge in [-0.25, -0.2) is 9.18 Å². The van der Waals surface area contributed by atoms with E-state index in [0.29, 0.717) is 41.7 Å². The van der Waals surface area contributed by atoms with Gasteiger partial charge in [0, 0.05) is 23.5 Å². The average molecular weight is 436 g/mol. The summed E-state index contributed by atoms with van der Waals surface area (Å²) in [5.41, 5.74) is 4.13. The molecule has 0 aliphatic carbocycles. The van der Waals surface area contributed by atoms with E-state index in [-0.39, 0.29) is 5.82 Å². The summed E-state index contributed by atoms with van der Waals surface area (Å²) < 4.78 is 24.9. The predicted molar refractivity (Wildman–Crippen MR) is 119 cm³/mol. The van der Waals surface area contributed by atoms with Crippen molar-refractivity contribution in [1.82, 2.24) is 4.90 Å². The molecule has 0 saturated heterocycles. The van der Waals surface area contributed by atoms with E-state index in [1.807, 2.05) is 31.2 Å². The third kappa shape index (κ3) is 3.71. The Bertz CT molecular complexity index is 1330. The molecule has 156 valence electrons. The molecule has 0 spiro atoms. The summed E-state index contributed by atoms with van der Waals surface area (Å²) in [5, 5.41) is 1.48. The van der Waals surface area contributed by atoms with Gasteiger partial charge < -0.3 is 9.15 Å². The SMILES string of the molecule is Cc1c(-c2ccc(Cl)cc2)c(=O)oc2c3c(ccc12)OCN(Cc1ccc(F)cc1)C3. The first-order valence-electron chi connectivity index (χ1n) is 9.94. The minimum atomic E-state index is -0.392. The van der Waals surface area contributed by atoms with Gasteiger partial charge in [-0.05, 0) is 60.0 Å². The zero-order valence-corrected chi connectivity index (χ0v) is 17.6. The van der Waals surface area contributed by atoms with Gasteiger partial charge in [0.05, 0.1) is 11.1 Å². The van der Waals surface area contributed by atoms with Gasteiger partial charge >= 0.3 is 5.63 Å². The van der Waals surface area contributed by atoms with Crippen molar-refractivity contribution in [3.05, 3.63) is 98.6 Å². The molecule has 0 saturated carbocycles. The molecule has 1 aliphatic rings. The maximum atomic E-state index is 13.2. The van der Waals surface area contributed by atoms with Gasteiger partial charge in [-0.3, -0.25) is 4.90 Å². The average Bonchev–Trinajstić information content (AvgIpc) is 2.76. The minimum Gasteiger partial charge on any atom is -0.478 e. The van der Waals surface area contributed by atoms with Crippen LogP contribution in [0.1, 0.15) is 16.7 Å². The highest BCUT2D eigenvalue weighted by molar-refractivity contribution is 6.30. The summed E-state index contributed by atoms with van der Waals surface area (Å²) in [6.45, 7) is 3.49. The summed E-state index contributed by atoms with van der Waals surface area (Å²) in [5.74, 6) is 0.452. The van der Waals surface area contributed by atoms with Crippen LogP contribution in [0, 0.1) is 12.7 Å². The molecule has 31 heavy (non-hydrogen) atoms.